The van der Waals surface area contributed by atoms with Crippen LogP contribution in [0.4, 0.5) is 11.4 Å². The maximum Gasteiger partial charge on any atom is 0.345 e. The minimum Gasteiger partial charge on any atom is -0.378 e. The van der Waals surface area contributed by atoms with Crippen LogP contribution in [0.25, 0.3) is 21.5 Å². The average molecular weight is 1720 g/mol. The van der Waals surface area contributed by atoms with Crippen molar-refractivity contribution in [1.29, 1.82) is 0 Å². The van der Waals surface area contributed by atoms with Gasteiger partial charge in [-0.25, -0.2) is 26.4 Å². The number of allylic oxidation sites excluding steroid dienone is 6. The van der Waals surface area contributed by atoms with E-state index in [-0.39, 0.29) is 112 Å². The molecule has 8 rings (SSSR count). The largest absolute Gasteiger partial charge is 0.378 e. The normalized spacial score (nSPS) is 17.5. The van der Waals surface area contributed by atoms with Crippen LogP contribution in [0.15, 0.2) is 116 Å². The number of hydrogen-bond acceptors (Lipinski definition) is 29. The summed E-state index contributed by atoms with van der Waals surface area (Å²) in [6.45, 7) is 12.4. The van der Waals surface area contributed by atoms with Gasteiger partial charge in [0, 0.05) is 123 Å². The number of rotatable bonds is 44. The molecule has 1 fully saturated rings. The van der Waals surface area contributed by atoms with Crippen LogP contribution in [-0.2, 0) is 121 Å². The molecule has 0 spiro atoms. The number of carbonyl (C=O) groups is 4. The van der Waals surface area contributed by atoms with Crippen LogP contribution in [0.1, 0.15) is 116 Å². The number of nitrogens with two attached hydrogens (primary N) is 4. The molecule has 0 radical (unpaired) electrons. The number of hydrogen-bond donors (Lipinski definition) is 10. The second-order valence-electron chi connectivity index (χ2n) is 28.5. The molecule has 0 aromatic heterocycles. The van der Waals surface area contributed by atoms with Crippen molar-refractivity contribution >= 4 is 125 Å². The number of Topliss-reactive ketones (excluding diaryl/α,β-unsaturated/α-hetero) is 1. The molecular formula is C71H102N11O26S6+. The van der Waals surface area contributed by atoms with Crippen molar-refractivity contribution in [1.82, 2.24) is 23.6 Å². The van der Waals surface area contributed by atoms with E-state index in [0.717, 1.165) is 12.1 Å². The highest BCUT2D eigenvalue weighted by atomic mass is 32.2. The van der Waals surface area contributed by atoms with Gasteiger partial charge >= 0.3 is 11.9 Å². The summed E-state index contributed by atoms with van der Waals surface area (Å²) in [5, 5.41) is 0.227. The highest BCUT2D eigenvalue weighted by molar-refractivity contribution is 7.87. The third kappa shape index (κ3) is 23.5. The number of carbonyl (C=O) groups excluding carboxylic acids is 4. The van der Waals surface area contributed by atoms with Gasteiger partial charge < -0.3 is 45.3 Å². The molecule has 4 aromatic carbocycles. The zero-order chi connectivity index (χ0) is 83.7. The number of hydroxylamine groups is 2. The molecule has 0 aliphatic carbocycles. The summed E-state index contributed by atoms with van der Waals surface area (Å²) in [5.74, 6) is 7.81. The van der Waals surface area contributed by atoms with E-state index in [0.29, 0.717) is 177 Å². The zero-order valence-electron chi connectivity index (χ0n) is 63.7. The van der Waals surface area contributed by atoms with E-state index in [1.54, 1.807) is 35.3 Å². The van der Waals surface area contributed by atoms with E-state index in [1.165, 1.54) is 12.1 Å². The van der Waals surface area contributed by atoms with E-state index in [1.807, 2.05) is 55.4 Å². The summed E-state index contributed by atoms with van der Waals surface area (Å²) in [6, 6.07) is 7.20. The second kappa shape index (κ2) is 40.9. The van der Waals surface area contributed by atoms with Crippen LogP contribution in [-0.4, -0.2) is 257 Å². The molecule has 2 atom stereocenters. The number of piperazine rings is 1. The number of unbranched alkanes of at least 4 members (excludes halogenated alkanes) is 4. The number of ether oxygens (including phenoxy) is 2. The lowest BCUT2D eigenvalue weighted by Crippen LogP contribution is -2.49. The number of thiol groups is 2. The molecule has 4 aliphatic rings. The highest BCUT2D eigenvalue weighted by Gasteiger charge is 2.47. The van der Waals surface area contributed by atoms with Crippen molar-refractivity contribution in [3.8, 4) is 0 Å². The molecule has 37 nitrogen and oxygen atoms in total. The van der Waals surface area contributed by atoms with Gasteiger partial charge in [0.05, 0.1) is 54.8 Å². The van der Waals surface area contributed by atoms with Crippen molar-refractivity contribution in [2.24, 2.45) is 23.3 Å². The van der Waals surface area contributed by atoms with Crippen LogP contribution >= 0.6 is 0 Å². The first-order valence-corrected chi connectivity index (χ1v) is 44.9. The van der Waals surface area contributed by atoms with Crippen LogP contribution in [0.2, 0.25) is 0 Å². The smallest absolute Gasteiger partial charge is 0.345 e. The summed E-state index contributed by atoms with van der Waals surface area (Å²) in [7, 11) is -26.9. The van der Waals surface area contributed by atoms with E-state index < -0.39 is 117 Å². The molecule has 114 heavy (non-hydrogen) atoms. The van der Waals surface area contributed by atoms with Crippen molar-refractivity contribution < 1.29 is 121 Å². The predicted octanol–water partition coefficient (Wildman–Crippen LogP) is 2.83. The molecule has 1 saturated heterocycles. The minimum atomic E-state index is -5.07. The second-order valence-corrected chi connectivity index (χ2v) is 35.9. The molecule has 632 valence electrons. The standard InChI is InChI=1S/C71H101N11O26S6/c1-70(2)63(79(56-22-20-52-54(66(56)70)45-50(111(91,92)93)47-61(52)113(97,98)99)30-12-6-8-16-60(83)49-15-14-29-76(32-26-49)37-39-103-41-43-105-81(109(87)88)58(24-27-72)68(85)107-74)17-9-5-10-18-64-71(3,4)67-55-46-51(112(94,95)96)48-62(114(100,101)102)53(55)21-23-57(67)80(64)31-13-7-11-19-65(84)78-35-33-77(34-36-78)38-40-104-42-44-106-82(110(89)90)59(25-28-73)69(86)108-75/h5,9-10,15,17-18,20-23,45-48,58-59,109-110H,6-8,11-14,16,19,24-44,72-75H2,1-4H3,(H3-,91,92,93,94,95,96,97,98,99,100,101,102)/p+1/t58-,59+/m0/s1. The fraction of sp³-hybridized carbons (Fsp3) is 0.535. The van der Waals surface area contributed by atoms with Crippen LogP contribution in [0.3, 0.4) is 0 Å². The van der Waals surface area contributed by atoms with Crippen molar-refractivity contribution in [2.45, 2.75) is 147 Å². The number of amides is 1. The summed E-state index contributed by atoms with van der Waals surface area (Å²) in [6.07, 6.45) is 15.5. The van der Waals surface area contributed by atoms with Gasteiger partial charge in [-0.05, 0) is 143 Å². The summed E-state index contributed by atoms with van der Waals surface area (Å²) in [5.41, 5.74) is 13.1. The Labute approximate surface area is 666 Å². The zero-order valence-corrected chi connectivity index (χ0v) is 68.7. The molecule has 1 amide bonds. The van der Waals surface area contributed by atoms with E-state index in [4.69, 9.17) is 42.4 Å². The fourth-order valence-electron chi connectivity index (χ4n) is 14.8. The van der Waals surface area contributed by atoms with Gasteiger partial charge in [-0.15, -0.1) is 0 Å². The molecule has 0 unspecified atom stereocenters. The molecule has 12 N–H and O–H groups in total. The third-order valence-corrected chi connectivity index (χ3v) is 25.2. The third-order valence-electron chi connectivity index (χ3n) is 20.4. The van der Waals surface area contributed by atoms with Gasteiger partial charge in [0.25, 0.3) is 40.5 Å². The van der Waals surface area contributed by atoms with Gasteiger partial charge in [0.2, 0.25) is 33.4 Å². The molecular weight excluding hydrogens is 1620 g/mol. The van der Waals surface area contributed by atoms with Crippen LogP contribution in [0, 0.1) is 0 Å². The Morgan fingerprint density at radius 1 is 0.570 bits per heavy atom. The number of ketones is 1. The lowest BCUT2D eigenvalue weighted by atomic mass is 9.79. The van der Waals surface area contributed by atoms with Gasteiger partial charge in [-0.3, -0.25) is 42.4 Å². The number of fused-ring (bicyclic) bond motifs is 6. The number of benzene rings is 4. The van der Waals surface area contributed by atoms with Gasteiger partial charge in [-0.1, -0.05) is 59.6 Å². The Hall–Kier alpha value is -7.03. The first-order valence-electron chi connectivity index (χ1n) is 36.9. The van der Waals surface area contributed by atoms with Gasteiger partial charge in [0.1, 0.15) is 16.3 Å². The van der Waals surface area contributed by atoms with Crippen LogP contribution < -0.4 is 28.2 Å². The summed E-state index contributed by atoms with van der Waals surface area (Å²) in [4.78, 5) is 75.4. The Balaban J connectivity index is 0.960. The molecule has 4 aromatic rings. The lowest BCUT2D eigenvalue weighted by Gasteiger charge is -2.34. The predicted molar refractivity (Wildman–Crippen MR) is 419 cm³/mol. The van der Waals surface area contributed by atoms with E-state index in [9.17, 15) is 87.9 Å². The van der Waals surface area contributed by atoms with Crippen molar-refractivity contribution in [3.63, 3.8) is 0 Å². The molecule has 0 saturated carbocycles. The number of nitrogens with zero attached hydrogens (tertiary/aromatic N) is 7. The first kappa shape index (κ1) is 92.5. The highest BCUT2D eigenvalue weighted by Crippen LogP contribution is 2.52. The molecule has 43 heteroatoms. The monoisotopic (exact) mass is 1720 g/mol. The topological polar surface area (TPSA) is 536 Å². The quantitative estimate of drug-likeness (QED) is 0.00760. The average Bonchev–Trinajstić information content (AvgIpc) is 1.53. The van der Waals surface area contributed by atoms with Gasteiger partial charge in [0.15, 0.2) is 23.6 Å². The SMILES string of the molecule is CC1(C)C(/C=C/C=C/C=C2/N(CCCCCC(=O)N3CCN(CCOCCON([C@H](CCN)C(=O)ON)[SH](=O)=O)CC3)c3ccc4c(S(=O)(=O)O)cc(S(=O)(=O)O)cc4c3C2(C)C)=[N+](CCCCCC(=O)C2=CCCN(CCOCCON([C@@H](CCN)C(=O)ON)[SH](=O)=O)CC2)c2ccc3c(S(=O)(=O)O)cc(S(=O)(=O)O)cc3c21. The molecule has 0 bridgehead atoms. The molecule has 4 aliphatic heterocycles. The lowest BCUT2D eigenvalue weighted by molar-refractivity contribution is -0.438. The summed E-state index contributed by atoms with van der Waals surface area (Å²) >= 11 is 0. The Morgan fingerprint density at radius 2 is 1.09 bits per heavy atom. The molecule has 4 heterocycles. The van der Waals surface area contributed by atoms with Gasteiger partial charge in [-0.2, -0.15) is 50.0 Å². The van der Waals surface area contributed by atoms with Crippen molar-refractivity contribution in [3.05, 3.63) is 107 Å². The Morgan fingerprint density at radius 3 is 1.61 bits per heavy atom. The van der Waals surface area contributed by atoms with Crippen LogP contribution in [0.5, 0.6) is 0 Å². The van der Waals surface area contributed by atoms with Crippen molar-refractivity contribution in [2.75, 3.05) is 123 Å². The minimum absolute atomic E-state index is 0.000316. The van der Waals surface area contributed by atoms with E-state index >= 15 is 0 Å². The number of anilines is 1. The Kier molecular flexibility index (Phi) is 33.2. The summed E-state index contributed by atoms with van der Waals surface area (Å²) < 4.78 is 206. The maximum absolute atomic E-state index is 13.8. The fourth-order valence-corrected chi connectivity index (χ4v) is 18.7. The first-order chi connectivity index (χ1) is 53.8. The Bertz CT molecular complexity index is 4990. The van der Waals surface area contributed by atoms with E-state index in [2.05, 4.69) is 19.5 Å². The maximum atomic E-state index is 13.8.